The molecule has 0 aromatic heterocycles. The first kappa shape index (κ1) is 15.3. The molecule has 0 aliphatic rings. The van der Waals surface area contributed by atoms with Crippen molar-refractivity contribution in [1.82, 2.24) is 0 Å². The molecule has 0 aliphatic heterocycles. The van der Waals surface area contributed by atoms with Crippen molar-refractivity contribution >= 4 is 0 Å². The molecule has 19 heavy (non-hydrogen) atoms. The van der Waals surface area contributed by atoms with Crippen molar-refractivity contribution in [3.8, 4) is 17.6 Å². The van der Waals surface area contributed by atoms with E-state index >= 15 is 0 Å². The summed E-state index contributed by atoms with van der Waals surface area (Å²) in [5.41, 5.74) is 2.48. The lowest BCUT2D eigenvalue weighted by Gasteiger charge is -2.02. The van der Waals surface area contributed by atoms with Gasteiger partial charge in [0.25, 0.3) is 0 Å². The summed E-state index contributed by atoms with van der Waals surface area (Å²) in [7, 11) is 1.66. The summed E-state index contributed by atoms with van der Waals surface area (Å²) in [4.78, 5) is 0. The van der Waals surface area contributed by atoms with Gasteiger partial charge in [-0.15, -0.1) is 5.92 Å². The van der Waals surface area contributed by atoms with Crippen molar-refractivity contribution in [2.24, 2.45) is 0 Å². The average Bonchev–Trinajstić information content (AvgIpc) is 2.42. The van der Waals surface area contributed by atoms with Crippen molar-refractivity contribution in [2.75, 3.05) is 13.7 Å². The van der Waals surface area contributed by atoms with E-state index in [-0.39, 0.29) is 0 Å². The fourth-order valence-electron chi connectivity index (χ4n) is 1.51. The molecule has 0 saturated heterocycles. The predicted octanol–water partition coefficient (Wildman–Crippen LogP) is 3.96. The van der Waals surface area contributed by atoms with Gasteiger partial charge in [0.05, 0.1) is 13.7 Å². The second-order valence-electron chi connectivity index (χ2n) is 4.51. The summed E-state index contributed by atoms with van der Waals surface area (Å²) in [5.74, 6) is 7.00. The summed E-state index contributed by atoms with van der Waals surface area (Å²) in [6.07, 6.45) is 4.12. The third-order valence-corrected chi connectivity index (χ3v) is 2.55. The van der Waals surface area contributed by atoms with E-state index in [0.717, 1.165) is 24.2 Å². The van der Waals surface area contributed by atoms with E-state index in [1.807, 2.05) is 24.3 Å². The van der Waals surface area contributed by atoms with Crippen LogP contribution in [0.1, 0.15) is 32.3 Å². The van der Waals surface area contributed by atoms with Crippen LogP contribution < -0.4 is 4.74 Å². The van der Waals surface area contributed by atoms with E-state index in [1.54, 1.807) is 7.11 Å². The summed E-state index contributed by atoms with van der Waals surface area (Å²) in [6.45, 7) is 5.28. The number of benzene rings is 1. The van der Waals surface area contributed by atoms with Crippen LogP contribution in [0.3, 0.4) is 0 Å². The first-order chi connectivity index (χ1) is 9.22. The van der Waals surface area contributed by atoms with E-state index in [2.05, 4.69) is 31.8 Å². The number of hydrogen-bond donors (Lipinski definition) is 0. The molecule has 1 rings (SSSR count). The Hall–Kier alpha value is -1.72. The second-order valence-corrected chi connectivity index (χ2v) is 4.51. The van der Waals surface area contributed by atoms with E-state index in [1.165, 1.54) is 5.57 Å². The standard InChI is InChI=1S/C17H22O2/c1-15(2)8-6-4-5-7-13-19-14-16-9-11-17(18-3)12-10-16/h8-12H,4,6,13-14H2,1-3H3. The maximum absolute atomic E-state index is 5.49. The molecule has 0 heterocycles. The zero-order valence-electron chi connectivity index (χ0n) is 12.0. The molecule has 2 nitrogen and oxygen atoms in total. The van der Waals surface area contributed by atoms with Gasteiger partial charge in [0.2, 0.25) is 0 Å². The van der Waals surface area contributed by atoms with Crippen molar-refractivity contribution in [1.29, 1.82) is 0 Å². The quantitative estimate of drug-likeness (QED) is 0.437. The summed E-state index contributed by atoms with van der Waals surface area (Å²) >= 11 is 0. The van der Waals surface area contributed by atoms with Gasteiger partial charge >= 0.3 is 0 Å². The molecule has 0 radical (unpaired) electrons. The third-order valence-electron chi connectivity index (χ3n) is 2.55. The number of ether oxygens (including phenoxy) is 2. The molecular formula is C17H22O2. The van der Waals surface area contributed by atoms with Gasteiger partial charge in [-0.3, -0.25) is 0 Å². The molecule has 0 aliphatic carbocycles. The molecule has 102 valence electrons. The third kappa shape index (κ3) is 7.33. The lowest BCUT2D eigenvalue weighted by molar-refractivity contribution is 0.153. The highest BCUT2D eigenvalue weighted by Crippen LogP contribution is 2.11. The highest BCUT2D eigenvalue weighted by molar-refractivity contribution is 5.26. The van der Waals surface area contributed by atoms with Crippen molar-refractivity contribution in [3.63, 3.8) is 0 Å². The van der Waals surface area contributed by atoms with Crippen LogP contribution in [-0.2, 0) is 11.3 Å². The average molecular weight is 258 g/mol. The monoisotopic (exact) mass is 258 g/mol. The molecule has 0 amide bonds. The number of methoxy groups -OCH3 is 1. The molecule has 2 heteroatoms. The molecule has 0 unspecified atom stereocenters. The van der Waals surface area contributed by atoms with Gasteiger partial charge < -0.3 is 9.47 Å². The maximum atomic E-state index is 5.49. The lowest BCUT2D eigenvalue weighted by Crippen LogP contribution is -1.93. The zero-order valence-corrected chi connectivity index (χ0v) is 12.0. The zero-order chi connectivity index (χ0) is 13.9. The maximum Gasteiger partial charge on any atom is 0.118 e. The van der Waals surface area contributed by atoms with Crippen LogP contribution >= 0.6 is 0 Å². The smallest absolute Gasteiger partial charge is 0.118 e. The number of allylic oxidation sites excluding steroid dienone is 2. The Kier molecular flexibility index (Phi) is 7.46. The van der Waals surface area contributed by atoms with Crippen LogP contribution in [0.2, 0.25) is 0 Å². The Labute approximate surface area is 116 Å². The van der Waals surface area contributed by atoms with E-state index in [9.17, 15) is 0 Å². The Morgan fingerprint density at radius 3 is 2.53 bits per heavy atom. The number of hydrogen-bond acceptors (Lipinski definition) is 2. The Balaban J connectivity index is 2.16. The topological polar surface area (TPSA) is 18.5 Å². The van der Waals surface area contributed by atoms with Gasteiger partial charge in [0.15, 0.2) is 0 Å². The molecule has 0 bridgehead atoms. The van der Waals surface area contributed by atoms with Gasteiger partial charge in [-0.2, -0.15) is 0 Å². The fourth-order valence-corrected chi connectivity index (χ4v) is 1.51. The van der Waals surface area contributed by atoms with E-state index < -0.39 is 0 Å². The highest BCUT2D eigenvalue weighted by atomic mass is 16.5. The first-order valence-electron chi connectivity index (χ1n) is 6.52. The SMILES string of the molecule is COc1ccc(COCC#CCCC=C(C)C)cc1. The summed E-state index contributed by atoms with van der Waals surface area (Å²) in [6, 6.07) is 7.87. The van der Waals surface area contributed by atoms with E-state index in [0.29, 0.717) is 13.2 Å². The predicted molar refractivity (Wildman–Crippen MR) is 79.1 cm³/mol. The molecule has 0 N–H and O–H groups in total. The summed E-state index contributed by atoms with van der Waals surface area (Å²) in [5, 5.41) is 0. The molecule has 0 spiro atoms. The van der Waals surface area contributed by atoms with Crippen molar-refractivity contribution in [2.45, 2.75) is 33.3 Å². The highest BCUT2D eigenvalue weighted by Gasteiger charge is 1.93. The van der Waals surface area contributed by atoms with Gasteiger partial charge in [0.1, 0.15) is 12.4 Å². The normalized spacial score (nSPS) is 9.42. The number of rotatable bonds is 6. The lowest BCUT2D eigenvalue weighted by atomic mass is 10.2. The largest absolute Gasteiger partial charge is 0.497 e. The van der Waals surface area contributed by atoms with Gasteiger partial charge in [-0.05, 0) is 38.0 Å². The second kappa shape index (κ2) is 9.24. The minimum Gasteiger partial charge on any atom is -0.497 e. The molecular weight excluding hydrogens is 236 g/mol. The Morgan fingerprint density at radius 2 is 1.89 bits per heavy atom. The van der Waals surface area contributed by atoms with Crippen LogP contribution in [0.15, 0.2) is 35.9 Å². The van der Waals surface area contributed by atoms with Crippen LogP contribution in [0, 0.1) is 11.8 Å². The minimum absolute atomic E-state index is 0.487. The summed E-state index contributed by atoms with van der Waals surface area (Å²) < 4.78 is 10.6. The van der Waals surface area contributed by atoms with Crippen molar-refractivity contribution in [3.05, 3.63) is 41.5 Å². The van der Waals surface area contributed by atoms with Crippen LogP contribution in [-0.4, -0.2) is 13.7 Å². The minimum atomic E-state index is 0.487. The molecule has 1 aromatic carbocycles. The Morgan fingerprint density at radius 1 is 1.16 bits per heavy atom. The van der Waals surface area contributed by atoms with E-state index in [4.69, 9.17) is 9.47 Å². The van der Waals surface area contributed by atoms with Crippen molar-refractivity contribution < 1.29 is 9.47 Å². The van der Waals surface area contributed by atoms with Crippen LogP contribution in [0.25, 0.3) is 0 Å². The first-order valence-corrected chi connectivity index (χ1v) is 6.52. The van der Waals surface area contributed by atoms with Gasteiger partial charge in [0, 0.05) is 6.42 Å². The van der Waals surface area contributed by atoms with Crippen LogP contribution in [0.5, 0.6) is 5.75 Å². The van der Waals surface area contributed by atoms with Gasteiger partial charge in [-0.25, -0.2) is 0 Å². The Bertz CT molecular complexity index is 442. The van der Waals surface area contributed by atoms with Gasteiger partial charge in [-0.1, -0.05) is 29.7 Å². The number of unbranched alkanes of at least 4 members (excludes halogenated alkanes) is 1. The molecule has 0 atom stereocenters. The fraction of sp³-hybridized carbons (Fsp3) is 0.412. The molecule has 0 saturated carbocycles. The molecule has 1 aromatic rings. The molecule has 0 fully saturated rings. The van der Waals surface area contributed by atoms with Crippen LogP contribution in [0.4, 0.5) is 0 Å².